The number of ether oxygens (including phenoxy) is 1. The van der Waals surface area contributed by atoms with Crippen LogP contribution in [0.1, 0.15) is 45.2 Å². The van der Waals surface area contributed by atoms with Crippen LogP contribution in [-0.2, 0) is 4.74 Å². The molecule has 2 rings (SSSR count). The van der Waals surface area contributed by atoms with E-state index in [-0.39, 0.29) is 6.09 Å². The van der Waals surface area contributed by atoms with E-state index in [1.165, 1.54) is 23.3 Å². The van der Waals surface area contributed by atoms with E-state index < -0.39 is 5.60 Å². The molecule has 0 bridgehead atoms. The van der Waals surface area contributed by atoms with Crippen molar-refractivity contribution in [2.45, 2.75) is 45.3 Å². The molecule has 1 aromatic heterocycles. The first-order valence-corrected chi connectivity index (χ1v) is 7.41. The van der Waals surface area contributed by atoms with Gasteiger partial charge in [0, 0.05) is 19.3 Å². The third-order valence-corrected chi connectivity index (χ3v) is 3.69. The van der Waals surface area contributed by atoms with Gasteiger partial charge in [0.25, 0.3) is 0 Å². The Morgan fingerprint density at radius 2 is 2.14 bits per heavy atom. The molecule has 0 unspecified atom stereocenters. The summed E-state index contributed by atoms with van der Waals surface area (Å²) in [6, 6.07) is 4.37. The summed E-state index contributed by atoms with van der Waals surface area (Å²) >= 11 is 0. The number of aromatic nitrogens is 1. The second-order valence-corrected chi connectivity index (χ2v) is 6.63. The third-order valence-electron chi connectivity index (χ3n) is 3.69. The summed E-state index contributed by atoms with van der Waals surface area (Å²) in [5.74, 6) is 0.605. The maximum absolute atomic E-state index is 12.0. The van der Waals surface area contributed by atoms with Gasteiger partial charge in [0.1, 0.15) is 11.4 Å². The van der Waals surface area contributed by atoms with Gasteiger partial charge in [-0.05, 0) is 58.8 Å². The summed E-state index contributed by atoms with van der Waals surface area (Å²) in [7, 11) is 3.82. The van der Waals surface area contributed by atoms with Crippen molar-refractivity contribution in [2.24, 2.45) is 0 Å². The van der Waals surface area contributed by atoms with Gasteiger partial charge in [-0.3, -0.25) is 9.80 Å². The van der Waals surface area contributed by atoms with Gasteiger partial charge in [0.2, 0.25) is 0 Å². The molecule has 2 heterocycles. The molecule has 1 aliphatic heterocycles. The van der Waals surface area contributed by atoms with Crippen molar-refractivity contribution in [3.05, 3.63) is 23.9 Å². The Labute approximate surface area is 126 Å². The lowest BCUT2D eigenvalue weighted by Crippen LogP contribution is -2.34. The van der Waals surface area contributed by atoms with Crippen molar-refractivity contribution in [1.82, 2.24) is 9.88 Å². The van der Waals surface area contributed by atoms with Gasteiger partial charge in [-0.15, -0.1) is 0 Å². The van der Waals surface area contributed by atoms with Crippen molar-refractivity contribution < 1.29 is 9.53 Å². The molecule has 116 valence electrons. The molecule has 1 amide bonds. The summed E-state index contributed by atoms with van der Waals surface area (Å²) in [4.78, 5) is 20.2. The Morgan fingerprint density at radius 1 is 1.43 bits per heavy atom. The Hall–Kier alpha value is -1.62. The lowest BCUT2D eigenvalue weighted by molar-refractivity contribution is 0.0588. The fraction of sp³-hybridized carbons (Fsp3) is 0.625. The molecule has 1 saturated heterocycles. The van der Waals surface area contributed by atoms with E-state index in [4.69, 9.17) is 4.74 Å². The van der Waals surface area contributed by atoms with Gasteiger partial charge >= 0.3 is 6.09 Å². The molecular formula is C16H25N3O2. The summed E-state index contributed by atoms with van der Waals surface area (Å²) in [5.41, 5.74) is 0.703. The molecule has 1 atom stereocenters. The molecule has 0 spiro atoms. The highest BCUT2D eigenvalue weighted by Gasteiger charge is 2.24. The lowest BCUT2D eigenvalue weighted by atomic mass is 10.1. The predicted molar refractivity (Wildman–Crippen MR) is 83.5 cm³/mol. The Bertz CT molecular complexity index is 493. The number of nitrogens with zero attached hydrogens (tertiary/aromatic N) is 3. The van der Waals surface area contributed by atoms with Crippen LogP contribution in [0.4, 0.5) is 10.6 Å². The lowest BCUT2D eigenvalue weighted by Gasteiger charge is -2.24. The zero-order chi connectivity index (χ0) is 15.6. The molecule has 0 radical (unpaired) electrons. The Kier molecular flexibility index (Phi) is 4.52. The molecule has 0 saturated carbocycles. The normalized spacial score (nSPS) is 19.6. The smallest absolute Gasteiger partial charge is 0.415 e. The number of rotatable bonds is 2. The van der Waals surface area contributed by atoms with Crippen molar-refractivity contribution >= 4 is 11.9 Å². The van der Waals surface area contributed by atoms with E-state index in [2.05, 4.69) is 23.0 Å². The van der Waals surface area contributed by atoms with Crippen LogP contribution in [0.2, 0.25) is 0 Å². The SMILES string of the molecule is CN(C(=O)OC(C)(C)C)c1ccc([C@H]2CCCN2C)cn1. The fourth-order valence-corrected chi connectivity index (χ4v) is 2.55. The van der Waals surface area contributed by atoms with Gasteiger partial charge in [0.15, 0.2) is 0 Å². The van der Waals surface area contributed by atoms with Crippen LogP contribution in [0.3, 0.4) is 0 Å². The van der Waals surface area contributed by atoms with Crippen LogP contribution in [0.5, 0.6) is 0 Å². The molecule has 1 aliphatic rings. The molecule has 1 aromatic rings. The minimum atomic E-state index is -0.502. The number of carbonyl (C=O) groups excluding carboxylic acids is 1. The number of hydrogen-bond donors (Lipinski definition) is 0. The minimum Gasteiger partial charge on any atom is -0.443 e. The largest absolute Gasteiger partial charge is 0.443 e. The third kappa shape index (κ3) is 3.94. The summed E-state index contributed by atoms with van der Waals surface area (Å²) < 4.78 is 5.34. The Balaban J connectivity index is 2.06. The summed E-state index contributed by atoms with van der Waals surface area (Å²) in [5, 5.41) is 0. The number of carbonyl (C=O) groups is 1. The topological polar surface area (TPSA) is 45.7 Å². The fourth-order valence-electron chi connectivity index (χ4n) is 2.55. The van der Waals surface area contributed by atoms with Crippen molar-refractivity contribution in [1.29, 1.82) is 0 Å². The molecule has 0 aliphatic carbocycles. The number of likely N-dealkylation sites (tertiary alicyclic amines) is 1. The summed E-state index contributed by atoms with van der Waals surface area (Å²) in [6.07, 6.45) is 3.86. The minimum absolute atomic E-state index is 0.388. The highest BCUT2D eigenvalue weighted by atomic mass is 16.6. The van der Waals surface area contributed by atoms with Crippen molar-refractivity contribution in [3.8, 4) is 0 Å². The van der Waals surface area contributed by atoms with Gasteiger partial charge in [-0.2, -0.15) is 0 Å². The highest BCUT2D eigenvalue weighted by molar-refractivity contribution is 5.85. The van der Waals surface area contributed by atoms with Gasteiger partial charge in [-0.25, -0.2) is 9.78 Å². The average molecular weight is 291 g/mol. The Morgan fingerprint density at radius 3 is 2.62 bits per heavy atom. The van der Waals surface area contributed by atoms with E-state index in [1.54, 1.807) is 7.05 Å². The first-order valence-electron chi connectivity index (χ1n) is 7.41. The van der Waals surface area contributed by atoms with E-state index in [0.29, 0.717) is 11.9 Å². The van der Waals surface area contributed by atoms with Crippen LogP contribution in [0.25, 0.3) is 0 Å². The first-order chi connectivity index (χ1) is 9.78. The van der Waals surface area contributed by atoms with E-state index in [0.717, 1.165) is 6.54 Å². The monoisotopic (exact) mass is 291 g/mol. The van der Waals surface area contributed by atoms with E-state index >= 15 is 0 Å². The van der Waals surface area contributed by atoms with Crippen LogP contribution in [0, 0.1) is 0 Å². The molecular weight excluding hydrogens is 266 g/mol. The quantitative estimate of drug-likeness (QED) is 0.839. The molecule has 5 nitrogen and oxygen atoms in total. The highest BCUT2D eigenvalue weighted by Crippen LogP contribution is 2.30. The van der Waals surface area contributed by atoms with Crippen LogP contribution >= 0.6 is 0 Å². The zero-order valence-electron chi connectivity index (χ0n) is 13.6. The average Bonchev–Trinajstić information content (AvgIpc) is 2.82. The molecule has 1 fully saturated rings. The van der Waals surface area contributed by atoms with Crippen molar-refractivity contribution in [3.63, 3.8) is 0 Å². The van der Waals surface area contributed by atoms with Gasteiger partial charge in [-0.1, -0.05) is 6.07 Å². The maximum Gasteiger partial charge on any atom is 0.415 e. The number of hydrogen-bond acceptors (Lipinski definition) is 4. The van der Waals surface area contributed by atoms with Crippen LogP contribution < -0.4 is 4.90 Å². The number of anilines is 1. The van der Waals surface area contributed by atoms with Crippen LogP contribution in [0.15, 0.2) is 18.3 Å². The second-order valence-electron chi connectivity index (χ2n) is 6.63. The van der Waals surface area contributed by atoms with Gasteiger partial charge in [0.05, 0.1) is 0 Å². The number of pyridine rings is 1. The molecule has 21 heavy (non-hydrogen) atoms. The molecule has 0 aromatic carbocycles. The molecule has 5 heteroatoms. The van der Waals surface area contributed by atoms with Crippen LogP contribution in [-0.4, -0.2) is 42.2 Å². The summed E-state index contributed by atoms with van der Waals surface area (Å²) in [6.45, 7) is 6.69. The predicted octanol–water partition coefficient (Wildman–Crippen LogP) is 3.22. The first kappa shape index (κ1) is 15.8. The standard InChI is InChI=1S/C16H25N3O2/c1-16(2,3)21-15(20)19(5)14-9-8-12(11-17-14)13-7-6-10-18(13)4/h8-9,11,13H,6-7,10H2,1-5H3/t13-/m1/s1. The van der Waals surface area contributed by atoms with E-state index in [1.807, 2.05) is 33.0 Å². The van der Waals surface area contributed by atoms with E-state index in [9.17, 15) is 4.79 Å². The number of amides is 1. The maximum atomic E-state index is 12.0. The second kappa shape index (κ2) is 6.02. The molecule has 0 N–H and O–H groups in total. The zero-order valence-corrected chi connectivity index (χ0v) is 13.6. The van der Waals surface area contributed by atoms with Crippen molar-refractivity contribution in [2.75, 3.05) is 25.5 Å². The van der Waals surface area contributed by atoms with Gasteiger partial charge < -0.3 is 4.74 Å².